The van der Waals surface area contributed by atoms with Gasteiger partial charge in [-0.1, -0.05) is 13.5 Å². The van der Waals surface area contributed by atoms with Crippen molar-refractivity contribution in [3.05, 3.63) is 12.2 Å². The highest BCUT2D eigenvalue weighted by atomic mass is 16.6. The molecule has 1 heterocycles. The Hall–Kier alpha value is -1.20. The Morgan fingerprint density at radius 3 is 2.60 bits per heavy atom. The van der Waals surface area contributed by atoms with Crippen molar-refractivity contribution in [3.8, 4) is 0 Å². The van der Waals surface area contributed by atoms with Gasteiger partial charge in [0.15, 0.2) is 5.78 Å². The molecule has 1 saturated heterocycles. The molecule has 110 valence electrons. The van der Waals surface area contributed by atoms with Gasteiger partial charge >= 0.3 is 5.97 Å². The van der Waals surface area contributed by atoms with Crippen molar-refractivity contribution < 1.29 is 24.5 Å². The van der Waals surface area contributed by atoms with E-state index in [9.17, 15) is 19.8 Å². The molecule has 0 bridgehead atoms. The first kappa shape index (κ1) is 13.8. The highest BCUT2D eigenvalue weighted by Gasteiger charge is 2.63. The van der Waals surface area contributed by atoms with Crippen LogP contribution in [0.25, 0.3) is 0 Å². The second-order valence-electron chi connectivity index (χ2n) is 6.66. The molecule has 3 rings (SSSR count). The van der Waals surface area contributed by atoms with Gasteiger partial charge < -0.3 is 14.9 Å². The Morgan fingerprint density at radius 1 is 1.30 bits per heavy atom. The van der Waals surface area contributed by atoms with Crippen LogP contribution >= 0.6 is 0 Å². The van der Waals surface area contributed by atoms with Gasteiger partial charge in [0.25, 0.3) is 0 Å². The van der Waals surface area contributed by atoms with Crippen LogP contribution in [0.1, 0.15) is 26.7 Å². The first-order valence-corrected chi connectivity index (χ1v) is 7.08. The zero-order valence-corrected chi connectivity index (χ0v) is 11.7. The van der Waals surface area contributed by atoms with Crippen LogP contribution in [0.4, 0.5) is 0 Å². The van der Waals surface area contributed by atoms with E-state index in [4.69, 9.17) is 4.74 Å². The molecule has 7 unspecified atom stereocenters. The third-order valence-electron chi connectivity index (χ3n) is 5.65. The minimum absolute atomic E-state index is 0.0875. The number of ketones is 1. The van der Waals surface area contributed by atoms with Crippen LogP contribution in [0.5, 0.6) is 0 Å². The first-order valence-electron chi connectivity index (χ1n) is 7.08. The lowest BCUT2D eigenvalue weighted by molar-refractivity contribution is -0.141. The fourth-order valence-electron chi connectivity index (χ4n) is 4.46. The maximum atomic E-state index is 12.4. The second-order valence-corrected chi connectivity index (χ2v) is 6.66. The quantitative estimate of drug-likeness (QED) is 0.497. The van der Waals surface area contributed by atoms with Gasteiger partial charge in [-0.3, -0.25) is 4.79 Å². The number of esters is 1. The normalized spacial score (nSPS) is 51.5. The Morgan fingerprint density at radius 2 is 1.95 bits per heavy atom. The van der Waals surface area contributed by atoms with Crippen molar-refractivity contribution in [2.45, 2.75) is 45.0 Å². The smallest absolute Gasteiger partial charge is 0.334 e. The highest BCUT2D eigenvalue weighted by Crippen LogP contribution is 2.55. The third-order valence-corrected chi connectivity index (χ3v) is 5.65. The maximum Gasteiger partial charge on any atom is 0.334 e. The Labute approximate surface area is 117 Å². The van der Waals surface area contributed by atoms with E-state index in [0.717, 1.165) is 0 Å². The number of ether oxygens (including phenoxy) is 1. The van der Waals surface area contributed by atoms with Gasteiger partial charge in [0.2, 0.25) is 0 Å². The largest absolute Gasteiger partial charge is 0.458 e. The van der Waals surface area contributed by atoms with Crippen LogP contribution in [0.15, 0.2) is 12.2 Å². The molecule has 0 spiro atoms. The van der Waals surface area contributed by atoms with Crippen LogP contribution in [-0.2, 0) is 14.3 Å². The number of Topliss-reactive ketones (excluding diaryl/α,β-unsaturated/α-hetero) is 1. The zero-order chi connectivity index (χ0) is 14.8. The average molecular weight is 280 g/mol. The van der Waals surface area contributed by atoms with E-state index in [1.54, 1.807) is 6.92 Å². The van der Waals surface area contributed by atoms with Crippen LogP contribution in [-0.4, -0.2) is 40.3 Å². The Bertz CT molecular complexity index is 498. The minimum atomic E-state index is -1.04. The molecule has 1 aliphatic heterocycles. The number of carbonyl (C=O) groups is 2. The average Bonchev–Trinajstić information content (AvgIpc) is 2.76. The topological polar surface area (TPSA) is 83.8 Å². The van der Waals surface area contributed by atoms with Gasteiger partial charge in [-0.2, -0.15) is 0 Å². The van der Waals surface area contributed by atoms with Crippen molar-refractivity contribution in [3.63, 3.8) is 0 Å². The van der Waals surface area contributed by atoms with E-state index >= 15 is 0 Å². The molecule has 2 saturated carbocycles. The summed E-state index contributed by atoms with van der Waals surface area (Å²) in [6.07, 6.45) is -1.51. The van der Waals surface area contributed by atoms with Crippen LogP contribution < -0.4 is 0 Å². The molecule has 0 aromatic carbocycles. The number of rotatable bonds is 0. The molecule has 5 heteroatoms. The number of hydrogen-bond donors (Lipinski definition) is 2. The summed E-state index contributed by atoms with van der Waals surface area (Å²) in [7, 11) is 0. The molecule has 3 aliphatic rings. The summed E-state index contributed by atoms with van der Waals surface area (Å²) in [4.78, 5) is 24.1. The first-order chi connectivity index (χ1) is 9.28. The van der Waals surface area contributed by atoms with Crippen molar-refractivity contribution in [2.75, 3.05) is 0 Å². The predicted molar refractivity (Wildman–Crippen MR) is 69.5 cm³/mol. The van der Waals surface area contributed by atoms with E-state index in [1.165, 1.54) is 0 Å². The molecule has 2 aliphatic carbocycles. The van der Waals surface area contributed by atoms with Gasteiger partial charge in [-0.05, 0) is 31.6 Å². The molecule has 5 nitrogen and oxygen atoms in total. The molecule has 0 aromatic rings. The fraction of sp³-hybridized carbons (Fsp3) is 0.733. The third kappa shape index (κ3) is 1.50. The highest BCUT2D eigenvalue weighted by molar-refractivity contribution is 5.94. The fourth-order valence-corrected chi connectivity index (χ4v) is 4.46. The molecule has 0 aromatic heterocycles. The van der Waals surface area contributed by atoms with Crippen molar-refractivity contribution in [1.82, 2.24) is 0 Å². The van der Waals surface area contributed by atoms with Gasteiger partial charge in [-0.25, -0.2) is 4.79 Å². The molecular formula is C15H20O5. The summed E-state index contributed by atoms with van der Waals surface area (Å²) < 4.78 is 5.30. The molecule has 7 atom stereocenters. The van der Waals surface area contributed by atoms with Crippen molar-refractivity contribution in [2.24, 2.45) is 23.2 Å². The number of aliphatic hydroxyl groups is 2. The molecule has 3 fully saturated rings. The lowest BCUT2D eigenvalue weighted by atomic mass is 9.68. The van der Waals surface area contributed by atoms with E-state index in [1.807, 2.05) is 6.92 Å². The second kappa shape index (κ2) is 4.15. The molecular weight excluding hydrogens is 260 g/mol. The zero-order valence-electron chi connectivity index (χ0n) is 11.7. The Kier molecular flexibility index (Phi) is 2.86. The minimum Gasteiger partial charge on any atom is -0.458 e. The summed E-state index contributed by atoms with van der Waals surface area (Å²) in [6, 6.07) is 0. The van der Waals surface area contributed by atoms with E-state index in [0.29, 0.717) is 12.8 Å². The van der Waals surface area contributed by atoms with Crippen LogP contribution in [0, 0.1) is 23.2 Å². The van der Waals surface area contributed by atoms with Crippen LogP contribution in [0.2, 0.25) is 0 Å². The molecule has 2 N–H and O–H groups in total. The summed E-state index contributed by atoms with van der Waals surface area (Å²) in [5.74, 6) is -1.37. The maximum absolute atomic E-state index is 12.4. The summed E-state index contributed by atoms with van der Waals surface area (Å²) in [5.41, 5.74) is -0.791. The SMILES string of the molecule is C=C1C(=O)OC2CC(C)C3CC(O)C(=O)C3(C)C(O)C12. The van der Waals surface area contributed by atoms with Crippen molar-refractivity contribution >= 4 is 11.8 Å². The molecule has 20 heavy (non-hydrogen) atoms. The van der Waals surface area contributed by atoms with Gasteiger partial charge in [0.1, 0.15) is 12.2 Å². The van der Waals surface area contributed by atoms with Gasteiger partial charge in [-0.15, -0.1) is 0 Å². The summed E-state index contributed by atoms with van der Waals surface area (Å²) >= 11 is 0. The van der Waals surface area contributed by atoms with Crippen LogP contribution in [0.3, 0.4) is 0 Å². The van der Waals surface area contributed by atoms with Gasteiger partial charge in [0, 0.05) is 5.57 Å². The van der Waals surface area contributed by atoms with E-state index in [2.05, 4.69) is 6.58 Å². The van der Waals surface area contributed by atoms with E-state index in [-0.39, 0.29) is 23.2 Å². The monoisotopic (exact) mass is 280 g/mol. The predicted octanol–water partition coefficient (Wildman–Crippen LogP) is 0.441. The lowest BCUT2D eigenvalue weighted by Crippen LogP contribution is -2.47. The number of aliphatic hydroxyl groups excluding tert-OH is 2. The Balaban J connectivity index is 2.07. The van der Waals surface area contributed by atoms with Crippen molar-refractivity contribution in [1.29, 1.82) is 0 Å². The number of fused-ring (bicyclic) bond motifs is 2. The standard InChI is InChI=1S/C15H20O5/c1-6-4-10-11(7(2)14(19)20-10)13(18)15(3)8(6)5-9(16)12(15)17/h6,8-11,13,16,18H,2,4-5H2,1,3H3. The van der Waals surface area contributed by atoms with E-state index < -0.39 is 35.6 Å². The molecule has 0 radical (unpaired) electrons. The summed E-state index contributed by atoms with van der Waals surface area (Å²) in [6.45, 7) is 7.41. The number of carbonyl (C=O) groups excluding carboxylic acids is 2. The van der Waals surface area contributed by atoms with Gasteiger partial charge in [0.05, 0.1) is 17.4 Å². The lowest BCUT2D eigenvalue weighted by Gasteiger charge is -2.36. The number of hydrogen-bond acceptors (Lipinski definition) is 5. The summed E-state index contributed by atoms with van der Waals surface area (Å²) in [5, 5.41) is 20.7. The molecule has 0 amide bonds.